The lowest BCUT2D eigenvalue weighted by atomic mass is 9.77. The van der Waals surface area contributed by atoms with Crippen molar-refractivity contribution in [1.82, 2.24) is 4.90 Å². The van der Waals surface area contributed by atoms with E-state index in [0.29, 0.717) is 5.41 Å². The first-order valence-corrected chi connectivity index (χ1v) is 5.65. The van der Waals surface area contributed by atoms with E-state index in [9.17, 15) is 0 Å². The first-order chi connectivity index (χ1) is 6.35. The second-order valence-corrected chi connectivity index (χ2v) is 4.69. The molecule has 0 atom stereocenters. The van der Waals surface area contributed by atoms with Crippen LogP contribution in [-0.2, 0) is 4.74 Å². The van der Waals surface area contributed by atoms with Gasteiger partial charge in [-0.25, -0.2) is 0 Å². The molecule has 0 aromatic heterocycles. The maximum atomic E-state index is 5.31. The molecule has 2 aliphatic rings. The number of ether oxygens (including phenoxy) is 1. The van der Waals surface area contributed by atoms with E-state index in [-0.39, 0.29) is 0 Å². The van der Waals surface area contributed by atoms with Crippen molar-refractivity contribution in [2.45, 2.75) is 32.6 Å². The fourth-order valence-corrected chi connectivity index (χ4v) is 2.31. The molecule has 0 saturated carbocycles. The predicted molar refractivity (Wildman–Crippen MR) is 53.8 cm³/mol. The third-order valence-electron chi connectivity index (χ3n) is 3.56. The maximum absolute atomic E-state index is 5.31. The van der Waals surface area contributed by atoms with Crippen LogP contribution in [0.3, 0.4) is 0 Å². The van der Waals surface area contributed by atoms with Gasteiger partial charge < -0.3 is 9.64 Å². The van der Waals surface area contributed by atoms with Crippen LogP contribution < -0.4 is 0 Å². The molecule has 2 heteroatoms. The number of piperidine rings is 1. The highest BCUT2D eigenvalue weighted by molar-refractivity contribution is 4.90. The molecular weight excluding hydrogens is 162 g/mol. The number of hydrogen-bond acceptors (Lipinski definition) is 2. The van der Waals surface area contributed by atoms with Crippen molar-refractivity contribution in [3.05, 3.63) is 0 Å². The Morgan fingerprint density at radius 1 is 1.23 bits per heavy atom. The minimum absolute atomic E-state index is 0.614. The van der Waals surface area contributed by atoms with E-state index in [1.54, 1.807) is 0 Å². The van der Waals surface area contributed by atoms with Crippen LogP contribution in [0.15, 0.2) is 0 Å². The summed E-state index contributed by atoms with van der Waals surface area (Å²) in [4.78, 5) is 2.62. The van der Waals surface area contributed by atoms with Crippen molar-refractivity contribution in [3.63, 3.8) is 0 Å². The van der Waals surface area contributed by atoms with Gasteiger partial charge in [-0.1, -0.05) is 13.3 Å². The van der Waals surface area contributed by atoms with Crippen LogP contribution in [-0.4, -0.2) is 37.7 Å². The first kappa shape index (κ1) is 9.47. The van der Waals surface area contributed by atoms with Crippen LogP contribution in [0.25, 0.3) is 0 Å². The molecule has 0 aliphatic carbocycles. The predicted octanol–water partition coefficient (Wildman–Crippen LogP) is 1.90. The van der Waals surface area contributed by atoms with Gasteiger partial charge >= 0.3 is 0 Å². The average Bonchev–Trinajstić information content (AvgIpc) is 2.13. The van der Waals surface area contributed by atoms with E-state index < -0.39 is 0 Å². The van der Waals surface area contributed by atoms with E-state index in [0.717, 1.165) is 13.2 Å². The molecule has 2 saturated heterocycles. The molecule has 0 aromatic carbocycles. The highest BCUT2D eigenvalue weighted by atomic mass is 16.5. The number of hydrogen-bond donors (Lipinski definition) is 0. The Bertz CT molecular complexity index is 155. The van der Waals surface area contributed by atoms with Crippen LogP contribution >= 0.6 is 0 Å². The monoisotopic (exact) mass is 183 g/mol. The third kappa shape index (κ3) is 2.05. The summed E-state index contributed by atoms with van der Waals surface area (Å²) in [7, 11) is 0. The average molecular weight is 183 g/mol. The lowest BCUT2D eigenvalue weighted by molar-refractivity contribution is -0.139. The summed E-state index contributed by atoms with van der Waals surface area (Å²) in [5, 5.41) is 0. The zero-order valence-electron chi connectivity index (χ0n) is 8.72. The molecule has 0 N–H and O–H groups in total. The molecule has 76 valence electrons. The van der Waals surface area contributed by atoms with Crippen molar-refractivity contribution in [3.8, 4) is 0 Å². The summed E-state index contributed by atoms with van der Waals surface area (Å²) in [6.45, 7) is 8.27. The Morgan fingerprint density at radius 3 is 2.38 bits per heavy atom. The molecule has 2 fully saturated rings. The highest BCUT2D eigenvalue weighted by Crippen LogP contribution is 2.38. The third-order valence-corrected chi connectivity index (χ3v) is 3.56. The van der Waals surface area contributed by atoms with Gasteiger partial charge in [-0.3, -0.25) is 0 Å². The topological polar surface area (TPSA) is 12.5 Å². The Kier molecular flexibility index (Phi) is 2.89. The molecule has 0 radical (unpaired) electrons. The van der Waals surface area contributed by atoms with Crippen molar-refractivity contribution >= 4 is 0 Å². The van der Waals surface area contributed by atoms with E-state index in [2.05, 4.69) is 11.8 Å². The van der Waals surface area contributed by atoms with Gasteiger partial charge in [0, 0.05) is 5.41 Å². The number of nitrogens with zero attached hydrogens (tertiary/aromatic N) is 1. The molecule has 0 amide bonds. The smallest absolute Gasteiger partial charge is 0.0545 e. The van der Waals surface area contributed by atoms with Crippen LogP contribution in [0.5, 0.6) is 0 Å². The zero-order chi connectivity index (χ0) is 9.15. The highest BCUT2D eigenvalue weighted by Gasteiger charge is 2.40. The van der Waals surface area contributed by atoms with Crippen LogP contribution in [0.2, 0.25) is 0 Å². The van der Waals surface area contributed by atoms with Crippen molar-refractivity contribution in [2.75, 3.05) is 32.8 Å². The van der Waals surface area contributed by atoms with Crippen molar-refractivity contribution in [1.29, 1.82) is 0 Å². The van der Waals surface area contributed by atoms with E-state index >= 15 is 0 Å². The first-order valence-electron chi connectivity index (χ1n) is 5.65. The lowest BCUT2D eigenvalue weighted by Gasteiger charge is -2.47. The fourth-order valence-electron chi connectivity index (χ4n) is 2.31. The SMILES string of the molecule is CCCCN1CCC2(CC1)COC2. The molecule has 13 heavy (non-hydrogen) atoms. The number of rotatable bonds is 3. The Morgan fingerprint density at radius 2 is 1.92 bits per heavy atom. The molecule has 2 aliphatic heterocycles. The fraction of sp³-hybridized carbons (Fsp3) is 1.00. The molecule has 2 nitrogen and oxygen atoms in total. The standard InChI is InChI=1S/C11H21NO/c1-2-3-6-12-7-4-11(5-8-12)9-13-10-11/h2-10H2,1H3. The lowest BCUT2D eigenvalue weighted by Crippen LogP contribution is -2.50. The van der Waals surface area contributed by atoms with Crippen LogP contribution in [0.1, 0.15) is 32.6 Å². The second kappa shape index (κ2) is 3.97. The Balaban J connectivity index is 1.70. The summed E-state index contributed by atoms with van der Waals surface area (Å²) in [5.41, 5.74) is 0.614. The van der Waals surface area contributed by atoms with Crippen LogP contribution in [0, 0.1) is 5.41 Å². The van der Waals surface area contributed by atoms with E-state index in [4.69, 9.17) is 4.74 Å². The summed E-state index contributed by atoms with van der Waals surface area (Å²) in [5.74, 6) is 0. The number of likely N-dealkylation sites (tertiary alicyclic amines) is 1. The van der Waals surface area contributed by atoms with Gasteiger partial charge in [-0.15, -0.1) is 0 Å². The van der Waals surface area contributed by atoms with E-state index in [1.165, 1.54) is 45.3 Å². The quantitative estimate of drug-likeness (QED) is 0.662. The summed E-state index contributed by atoms with van der Waals surface area (Å²) < 4.78 is 5.31. The normalized spacial score (nSPS) is 27.5. The molecule has 1 spiro atoms. The molecular formula is C11H21NO. The summed E-state index contributed by atoms with van der Waals surface area (Å²) in [6.07, 6.45) is 5.43. The van der Waals surface area contributed by atoms with Gasteiger partial charge in [-0.2, -0.15) is 0 Å². The van der Waals surface area contributed by atoms with Crippen molar-refractivity contribution < 1.29 is 4.74 Å². The van der Waals surface area contributed by atoms with Gasteiger partial charge in [-0.05, 0) is 38.9 Å². The van der Waals surface area contributed by atoms with Gasteiger partial charge in [0.1, 0.15) is 0 Å². The van der Waals surface area contributed by atoms with Gasteiger partial charge in [0.15, 0.2) is 0 Å². The zero-order valence-corrected chi connectivity index (χ0v) is 8.72. The van der Waals surface area contributed by atoms with Crippen molar-refractivity contribution in [2.24, 2.45) is 5.41 Å². The summed E-state index contributed by atoms with van der Waals surface area (Å²) >= 11 is 0. The van der Waals surface area contributed by atoms with E-state index in [1.807, 2.05) is 0 Å². The van der Waals surface area contributed by atoms with Gasteiger partial charge in [0.25, 0.3) is 0 Å². The molecule has 2 heterocycles. The largest absolute Gasteiger partial charge is 0.380 e. The minimum Gasteiger partial charge on any atom is -0.380 e. The molecule has 0 unspecified atom stereocenters. The maximum Gasteiger partial charge on any atom is 0.0545 e. The molecule has 0 aromatic rings. The Labute approximate surface area is 81.3 Å². The molecule has 2 rings (SSSR count). The van der Waals surface area contributed by atoms with Gasteiger partial charge in [0.2, 0.25) is 0 Å². The van der Waals surface area contributed by atoms with Crippen LogP contribution in [0.4, 0.5) is 0 Å². The number of unbranched alkanes of at least 4 members (excludes halogenated alkanes) is 1. The Hall–Kier alpha value is -0.0800. The molecule has 0 bridgehead atoms. The summed E-state index contributed by atoms with van der Waals surface area (Å²) in [6, 6.07) is 0. The van der Waals surface area contributed by atoms with Gasteiger partial charge in [0.05, 0.1) is 13.2 Å². The minimum atomic E-state index is 0.614. The second-order valence-electron chi connectivity index (χ2n) is 4.69.